The van der Waals surface area contributed by atoms with Crippen LogP contribution in [0.3, 0.4) is 0 Å². The molecule has 1 aromatic heterocycles. The molecule has 1 fully saturated rings. The van der Waals surface area contributed by atoms with Gasteiger partial charge < -0.3 is 16.0 Å². The third-order valence-corrected chi connectivity index (χ3v) is 4.69. The van der Waals surface area contributed by atoms with Crippen molar-refractivity contribution in [3.8, 4) is 0 Å². The predicted molar refractivity (Wildman–Crippen MR) is 77.3 cm³/mol. The quantitative estimate of drug-likeness (QED) is 0.860. The van der Waals surface area contributed by atoms with Gasteiger partial charge in [0, 0.05) is 20.1 Å². The van der Waals surface area contributed by atoms with Gasteiger partial charge in [-0.3, -0.25) is 4.79 Å². The zero-order chi connectivity index (χ0) is 13.1. The van der Waals surface area contributed by atoms with Crippen molar-refractivity contribution in [2.45, 2.75) is 26.2 Å². The van der Waals surface area contributed by atoms with E-state index in [4.69, 9.17) is 5.73 Å². The minimum absolute atomic E-state index is 0.0664. The molecule has 2 rings (SSSR count). The second-order valence-corrected chi connectivity index (χ2v) is 5.94. The molecule has 1 saturated carbocycles. The highest BCUT2D eigenvalue weighted by molar-refractivity contribution is 7.18. The molecule has 4 nitrogen and oxygen atoms in total. The minimum Gasteiger partial charge on any atom is -0.397 e. The molecule has 1 aliphatic carbocycles. The molecule has 1 heterocycles. The van der Waals surface area contributed by atoms with Crippen LogP contribution in [-0.2, 0) is 0 Å². The molecule has 0 saturated heterocycles. The first kappa shape index (κ1) is 13.2. The van der Waals surface area contributed by atoms with Crippen molar-refractivity contribution >= 4 is 27.9 Å². The summed E-state index contributed by atoms with van der Waals surface area (Å²) in [6, 6.07) is 1.91. The fourth-order valence-electron chi connectivity index (χ4n) is 2.15. The molecule has 1 aromatic rings. The maximum absolute atomic E-state index is 11.8. The van der Waals surface area contributed by atoms with E-state index in [-0.39, 0.29) is 5.91 Å². The Kier molecular flexibility index (Phi) is 4.11. The van der Waals surface area contributed by atoms with Crippen LogP contribution < -0.4 is 16.0 Å². The van der Waals surface area contributed by atoms with Gasteiger partial charge in [-0.05, 0) is 31.7 Å². The highest BCUT2D eigenvalue weighted by Crippen LogP contribution is 2.34. The van der Waals surface area contributed by atoms with E-state index in [0.29, 0.717) is 17.1 Å². The van der Waals surface area contributed by atoms with E-state index in [1.165, 1.54) is 30.6 Å². The van der Waals surface area contributed by atoms with Crippen molar-refractivity contribution < 1.29 is 4.79 Å². The molecule has 0 atom stereocenters. The Morgan fingerprint density at radius 1 is 1.61 bits per heavy atom. The maximum atomic E-state index is 11.8. The van der Waals surface area contributed by atoms with Gasteiger partial charge in [0.25, 0.3) is 5.91 Å². The molecule has 0 aliphatic heterocycles. The van der Waals surface area contributed by atoms with Crippen LogP contribution in [0, 0.1) is 5.92 Å². The van der Waals surface area contributed by atoms with Crippen LogP contribution in [0.5, 0.6) is 0 Å². The lowest BCUT2D eigenvalue weighted by Gasteiger charge is -2.30. The number of thiophene rings is 1. The summed E-state index contributed by atoms with van der Waals surface area (Å²) in [5, 5.41) is 3.87. The third kappa shape index (κ3) is 2.77. The van der Waals surface area contributed by atoms with Gasteiger partial charge in [0.1, 0.15) is 4.88 Å². The van der Waals surface area contributed by atoms with E-state index in [9.17, 15) is 4.79 Å². The number of nitrogens with zero attached hydrogens (tertiary/aromatic N) is 1. The van der Waals surface area contributed by atoms with E-state index < -0.39 is 0 Å². The molecular weight excluding hydrogens is 246 g/mol. The number of carbonyl (C=O) groups excluding carboxylic acids is 1. The summed E-state index contributed by atoms with van der Waals surface area (Å²) >= 11 is 1.48. The molecule has 1 aliphatic rings. The van der Waals surface area contributed by atoms with E-state index in [2.05, 4.69) is 17.3 Å². The Labute approximate surface area is 112 Å². The third-order valence-electron chi connectivity index (χ3n) is 3.42. The lowest BCUT2D eigenvalue weighted by Crippen LogP contribution is -2.28. The van der Waals surface area contributed by atoms with Gasteiger partial charge in [0.15, 0.2) is 0 Å². The summed E-state index contributed by atoms with van der Waals surface area (Å²) in [5.41, 5.74) is 6.50. The SMILES string of the molecule is CCNC(=O)c1sc(N(C)CC2CCC2)cc1N. The summed E-state index contributed by atoms with van der Waals surface area (Å²) in [6.45, 7) is 3.60. The van der Waals surface area contributed by atoms with Gasteiger partial charge in [0.2, 0.25) is 0 Å². The number of nitrogens with one attached hydrogen (secondary N) is 1. The second kappa shape index (κ2) is 5.61. The van der Waals surface area contributed by atoms with Gasteiger partial charge in [-0.15, -0.1) is 11.3 Å². The Hall–Kier alpha value is -1.23. The lowest BCUT2D eigenvalue weighted by molar-refractivity contribution is 0.0960. The van der Waals surface area contributed by atoms with Gasteiger partial charge in [-0.25, -0.2) is 0 Å². The normalized spacial score (nSPS) is 15.2. The maximum Gasteiger partial charge on any atom is 0.263 e. The number of nitrogen functional groups attached to an aromatic ring is 1. The number of carbonyl (C=O) groups is 1. The van der Waals surface area contributed by atoms with Crippen LogP contribution in [0.1, 0.15) is 35.9 Å². The number of nitrogens with two attached hydrogens (primary N) is 1. The molecule has 3 N–H and O–H groups in total. The van der Waals surface area contributed by atoms with E-state index in [0.717, 1.165) is 17.5 Å². The zero-order valence-electron chi connectivity index (χ0n) is 11.0. The van der Waals surface area contributed by atoms with E-state index >= 15 is 0 Å². The smallest absolute Gasteiger partial charge is 0.263 e. The molecule has 0 radical (unpaired) electrons. The zero-order valence-corrected chi connectivity index (χ0v) is 11.8. The second-order valence-electron chi connectivity index (χ2n) is 4.91. The Morgan fingerprint density at radius 3 is 2.89 bits per heavy atom. The molecule has 0 aromatic carbocycles. The van der Waals surface area contributed by atoms with E-state index in [1.807, 2.05) is 13.0 Å². The number of rotatable bonds is 5. The summed E-state index contributed by atoms with van der Waals surface area (Å²) < 4.78 is 0. The Balaban J connectivity index is 2.04. The molecule has 100 valence electrons. The number of hydrogen-bond donors (Lipinski definition) is 2. The highest BCUT2D eigenvalue weighted by atomic mass is 32.1. The first-order valence-electron chi connectivity index (χ1n) is 6.50. The summed E-state index contributed by atoms with van der Waals surface area (Å²) in [6.07, 6.45) is 4.01. The monoisotopic (exact) mass is 267 g/mol. The molecular formula is C13H21N3OS. The van der Waals surface area contributed by atoms with Crippen molar-refractivity contribution in [3.05, 3.63) is 10.9 Å². The van der Waals surface area contributed by atoms with Crippen LogP contribution in [0.2, 0.25) is 0 Å². The van der Waals surface area contributed by atoms with Crippen molar-refractivity contribution in [1.29, 1.82) is 0 Å². The largest absolute Gasteiger partial charge is 0.397 e. The predicted octanol–water partition coefficient (Wildman–Crippen LogP) is 2.32. The van der Waals surface area contributed by atoms with Crippen molar-refractivity contribution in [3.63, 3.8) is 0 Å². The number of hydrogen-bond acceptors (Lipinski definition) is 4. The lowest BCUT2D eigenvalue weighted by atomic mass is 9.85. The van der Waals surface area contributed by atoms with Crippen molar-refractivity contribution in [2.24, 2.45) is 5.92 Å². The van der Waals surface area contributed by atoms with Crippen LogP contribution in [0.4, 0.5) is 10.7 Å². The van der Waals surface area contributed by atoms with Crippen LogP contribution in [0.15, 0.2) is 6.07 Å². The molecule has 0 unspecified atom stereocenters. The van der Waals surface area contributed by atoms with Crippen LogP contribution >= 0.6 is 11.3 Å². The first-order valence-corrected chi connectivity index (χ1v) is 7.32. The minimum atomic E-state index is -0.0664. The Morgan fingerprint density at radius 2 is 2.33 bits per heavy atom. The fraction of sp³-hybridized carbons (Fsp3) is 0.615. The molecule has 0 spiro atoms. The standard InChI is InChI=1S/C13H21N3OS/c1-3-15-13(17)12-10(14)7-11(18-12)16(2)8-9-5-4-6-9/h7,9H,3-6,8,14H2,1-2H3,(H,15,17). The highest BCUT2D eigenvalue weighted by Gasteiger charge is 2.21. The number of anilines is 2. The van der Waals surface area contributed by atoms with E-state index in [1.54, 1.807) is 0 Å². The fourth-order valence-corrected chi connectivity index (χ4v) is 3.12. The molecule has 0 bridgehead atoms. The Bertz CT molecular complexity index is 426. The van der Waals surface area contributed by atoms with Crippen LogP contribution in [-0.4, -0.2) is 26.0 Å². The average molecular weight is 267 g/mol. The topological polar surface area (TPSA) is 58.4 Å². The first-order chi connectivity index (χ1) is 8.61. The summed E-state index contributed by atoms with van der Waals surface area (Å²) in [5.74, 6) is 0.745. The number of amides is 1. The molecule has 1 amide bonds. The molecule has 18 heavy (non-hydrogen) atoms. The van der Waals surface area contributed by atoms with Crippen molar-refractivity contribution in [1.82, 2.24) is 5.32 Å². The van der Waals surface area contributed by atoms with Gasteiger partial charge in [-0.1, -0.05) is 6.42 Å². The summed E-state index contributed by atoms with van der Waals surface area (Å²) in [4.78, 5) is 14.6. The van der Waals surface area contributed by atoms with Crippen molar-refractivity contribution in [2.75, 3.05) is 30.8 Å². The van der Waals surface area contributed by atoms with Gasteiger partial charge in [-0.2, -0.15) is 0 Å². The van der Waals surface area contributed by atoms with Crippen LogP contribution in [0.25, 0.3) is 0 Å². The average Bonchev–Trinajstić information content (AvgIpc) is 2.66. The molecule has 5 heteroatoms. The van der Waals surface area contributed by atoms with Gasteiger partial charge >= 0.3 is 0 Å². The summed E-state index contributed by atoms with van der Waals surface area (Å²) in [7, 11) is 2.07. The van der Waals surface area contributed by atoms with Gasteiger partial charge in [0.05, 0.1) is 10.7 Å².